The SMILES string of the molecule is C=Cc1ccccc1/C=C\Cc1ccc(N(c2ccc(-c3ccccc3)cc2)c2ccc3c(c2)-c2ccccc2C32c3ccccc3C(c3ccccc3)(c3ccccc3)c3ccccc32)cc1. The molecule has 10 aromatic rings. The lowest BCUT2D eigenvalue weighted by Gasteiger charge is -2.50. The number of rotatable bonds is 10. The first-order chi connectivity index (χ1) is 33.7. The fourth-order valence-corrected chi connectivity index (χ4v) is 11.6. The van der Waals surface area contributed by atoms with E-state index in [0.717, 1.165) is 29.0 Å². The number of hydrogen-bond donors (Lipinski definition) is 0. The van der Waals surface area contributed by atoms with Crippen LogP contribution < -0.4 is 4.90 Å². The van der Waals surface area contributed by atoms with Crippen molar-refractivity contribution in [3.63, 3.8) is 0 Å². The van der Waals surface area contributed by atoms with Gasteiger partial charge in [-0.2, -0.15) is 0 Å². The highest BCUT2D eigenvalue weighted by Crippen LogP contribution is 2.65. The van der Waals surface area contributed by atoms with Gasteiger partial charge in [-0.3, -0.25) is 0 Å². The molecule has 0 aliphatic heterocycles. The normalized spacial score (nSPS) is 13.6. The van der Waals surface area contributed by atoms with E-state index >= 15 is 0 Å². The fourth-order valence-electron chi connectivity index (χ4n) is 11.6. The van der Waals surface area contributed by atoms with Gasteiger partial charge in [-0.1, -0.05) is 243 Å². The van der Waals surface area contributed by atoms with Crippen molar-refractivity contribution in [1.29, 1.82) is 0 Å². The second kappa shape index (κ2) is 17.0. The zero-order chi connectivity index (χ0) is 45.5. The van der Waals surface area contributed by atoms with Gasteiger partial charge in [0.2, 0.25) is 0 Å². The van der Waals surface area contributed by atoms with Crippen molar-refractivity contribution in [2.24, 2.45) is 0 Å². The van der Waals surface area contributed by atoms with Gasteiger partial charge in [0.1, 0.15) is 0 Å². The van der Waals surface area contributed by atoms with E-state index in [0.29, 0.717) is 0 Å². The maximum Gasteiger partial charge on any atom is 0.0720 e. The Kier molecular flexibility index (Phi) is 10.3. The van der Waals surface area contributed by atoms with E-state index < -0.39 is 10.8 Å². The van der Waals surface area contributed by atoms with Gasteiger partial charge in [-0.25, -0.2) is 0 Å². The van der Waals surface area contributed by atoms with Crippen LogP contribution in [-0.2, 0) is 17.3 Å². The third-order valence-electron chi connectivity index (χ3n) is 14.5. The molecule has 68 heavy (non-hydrogen) atoms. The lowest BCUT2D eigenvalue weighted by atomic mass is 9.51. The maximum absolute atomic E-state index is 4.01. The highest BCUT2D eigenvalue weighted by molar-refractivity contribution is 5.92. The van der Waals surface area contributed by atoms with Crippen molar-refractivity contribution < 1.29 is 0 Å². The number of benzene rings is 10. The monoisotopic (exact) mass is 867 g/mol. The van der Waals surface area contributed by atoms with Crippen LogP contribution in [0.15, 0.2) is 267 Å². The molecule has 0 amide bonds. The van der Waals surface area contributed by atoms with E-state index in [2.05, 4.69) is 278 Å². The molecule has 2 aliphatic rings. The number of anilines is 3. The Bertz CT molecular complexity index is 3380. The Hall–Kier alpha value is -8.52. The summed E-state index contributed by atoms with van der Waals surface area (Å²) in [7, 11) is 0. The average molecular weight is 868 g/mol. The van der Waals surface area contributed by atoms with Gasteiger partial charge >= 0.3 is 0 Å². The molecule has 2 aliphatic carbocycles. The topological polar surface area (TPSA) is 3.24 Å². The second-order valence-electron chi connectivity index (χ2n) is 18.0. The molecule has 0 fully saturated rings. The minimum Gasteiger partial charge on any atom is -0.310 e. The molecular weight excluding hydrogens is 819 g/mol. The van der Waals surface area contributed by atoms with E-state index in [1.165, 1.54) is 77.9 Å². The van der Waals surface area contributed by atoms with Crippen molar-refractivity contribution >= 4 is 29.2 Å². The molecular formula is C67H49N. The van der Waals surface area contributed by atoms with Crippen LogP contribution in [0, 0.1) is 0 Å². The molecule has 0 saturated heterocycles. The summed E-state index contributed by atoms with van der Waals surface area (Å²) in [6.45, 7) is 4.01. The molecule has 1 heteroatoms. The standard InChI is InChI=1S/C67H49N/c1-2-49-22-12-13-25-50(49)26-20-21-48-37-41-55(42-38-48)68(56-43-39-52(40-44-56)51-23-6-3-7-24-51)57-45-46-61-59(47-57)58-31-14-15-32-60(58)67(61)64-35-18-16-33-62(64)66(53-27-8-4-9-28-53,54-29-10-5-11-30-54)63-34-17-19-36-65(63)67/h2-20,22-47H,1,21H2/b26-20-. The first kappa shape index (κ1) is 40.9. The Balaban J connectivity index is 1.03. The quantitative estimate of drug-likeness (QED) is 0.132. The van der Waals surface area contributed by atoms with Gasteiger partial charge in [0, 0.05) is 17.1 Å². The zero-order valence-electron chi connectivity index (χ0n) is 37.8. The summed E-state index contributed by atoms with van der Waals surface area (Å²) < 4.78 is 0. The van der Waals surface area contributed by atoms with E-state index in [-0.39, 0.29) is 0 Å². The lowest BCUT2D eigenvalue weighted by molar-refractivity contribution is 0.623. The molecule has 0 radical (unpaired) electrons. The molecule has 0 aromatic heterocycles. The number of allylic oxidation sites excluding steroid dienone is 1. The summed E-state index contributed by atoms with van der Waals surface area (Å²) in [5.41, 5.74) is 21.1. The Morgan fingerprint density at radius 1 is 0.353 bits per heavy atom. The molecule has 10 aromatic carbocycles. The lowest BCUT2D eigenvalue weighted by Crippen LogP contribution is -2.44. The Morgan fingerprint density at radius 2 is 0.794 bits per heavy atom. The van der Waals surface area contributed by atoms with Gasteiger partial charge < -0.3 is 4.90 Å². The first-order valence-corrected chi connectivity index (χ1v) is 23.7. The van der Waals surface area contributed by atoms with Crippen molar-refractivity contribution in [3.05, 3.63) is 329 Å². The van der Waals surface area contributed by atoms with Crippen LogP contribution in [0.25, 0.3) is 34.4 Å². The molecule has 0 heterocycles. The van der Waals surface area contributed by atoms with Crippen LogP contribution in [0.3, 0.4) is 0 Å². The zero-order valence-corrected chi connectivity index (χ0v) is 37.8. The minimum atomic E-state index is -0.561. The van der Waals surface area contributed by atoms with Crippen LogP contribution in [0.2, 0.25) is 0 Å². The van der Waals surface area contributed by atoms with Crippen LogP contribution in [0.5, 0.6) is 0 Å². The summed E-state index contributed by atoms with van der Waals surface area (Å²) in [4.78, 5) is 2.42. The van der Waals surface area contributed by atoms with Crippen LogP contribution in [-0.4, -0.2) is 0 Å². The largest absolute Gasteiger partial charge is 0.310 e. The van der Waals surface area contributed by atoms with E-state index in [4.69, 9.17) is 0 Å². The molecule has 0 bridgehead atoms. The van der Waals surface area contributed by atoms with Crippen LogP contribution in [0.4, 0.5) is 17.1 Å². The van der Waals surface area contributed by atoms with Crippen LogP contribution in [0.1, 0.15) is 61.2 Å². The first-order valence-electron chi connectivity index (χ1n) is 23.7. The number of fused-ring (bicyclic) bond motifs is 9. The Labute approximate surface area is 400 Å². The highest BCUT2D eigenvalue weighted by atomic mass is 15.1. The van der Waals surface area contributed by atoms with E-state index in [1.807, 2.05) is 6.08 Å². The average Bonchev–Trinajstić information content (AvgIpc) is 3.70. The fraction of sp³-hybridized carbons (Fsp3) is 0.0448. The van der Waals surface area contributed by atoms with Gasteiger partial charge in [-0.05, 0) is 126 Å². The molecule has 0 atom stereocenters. The number of hydrogen-bond acceptors (Lipinski definition) is 1. The second-order valence-corrected chi connectivity index (χ2v) is 18.0. The van der Waals surface area contributed by atoms with Crippen molar-refractivity contribution in [2.45, 2.75) is 17.3 Å². The molecule has 12 rings (SSSR count). The van der Waals surface area contributed by atoms with Crippen molar-refractivity contribution in [3.8, 4) is 22.3 Å². The minimum absolute atomic E-state index is 0.542. The smallest absolute Gasteiger partial charge is 0.0720 e. The van der Waals surface area contributed by atoms with Gasteiger partial charge in [-0.15, -0.1) is 0 Å². The summed E-state index contributed by atoms with van der Waals surface area (Å²) >= 11 is 0. The predicted octanol–water partition coefficient (Wildman–Crippen LogP) is 16.8. The summed E-state index contributed by atoms with van der Waals surface area (Å²) in [5.74, 6) is 0. The predicted molar refractivity (Wildman–Crippen MR) is 285 cm³/mol. The summed E-state index contributed by atoms with van der Waals surface area (Å²) in [5, 5.41) is 0. The summed E-state index contributed by atoms with van der Waals surface area (Å²) in [6, 6.07) is 94.3. The van der Waals surface area contributed by atoms with Gasteiger partial charge in [0.25, 0.3) is 0 Å². The third kappa shape index (κ3) is 6.46. The molecule has 1 spiro atoms. The molecule has 1 nitrogen and oxygen atoms in total. The molecule has 0 saturated carbocycles. The maximum atomic E-state index is 4.01. The van der Waals surface area contributed by atoms with Gasteiger partial charge in [0.15, 0.2) is 0 Å². The van der Waals surface area contributed by atoms with Gasteiger partial charge in [0.05, 0.1) is 10.8 Å². The molecule has 322 valence electrons. The molecule has 0 N–H and O–H groups in total. The molecule has 0 unspecified atom stereocenters. The highest BCUT2D eigenvalue weighted by Gasteiger charge is 2.56. The Morgan fingerprint density at radius 3 is 1.38 bits per heavy atom. The van der Waals surface area contributed by atoms with Crippen molar-refractivity contribution in [1.82, 2.24) is 0 Å². The van der Waals surface area contributed by atoms with E-state index in [1.54, 1.807) is 0 Å². The van der Waals surface area contributed by atoms with Crippen LogP contribution >= 0.6 is 0 Å². The van der Waals surface area contributed by atoms with E-state index in [9.17, 15) is 0 Å². The third-order valence-corrected chi connectivity index (χ3v) is 14.5. The summed E-state index contributed by atoms with van der Waals surface area (Å²) in [6.07, 6.45) is 7.19. The number of nitrogens with zero attached hydrogens (tertiary/aromatic N) is 1. The van der Waals surface area contributed by atoms with Crippen molar-refractivity contribution in [2.75, 3.05) is 4.90 Å².